The molecule has 1 aromatic carbocycles. The van der Waals surface area contributed by atoms with Crippen molar-refractivity contribution < 1.29 is 45.8 Å². The van der Waals surface area contributed by atoms with Gasteiger partial charge in [-0.15, -0.1) is 0 Å². The van der Waals surface area contributed by atoms with Crippen LogP contribution in [0.25, 0.3) is 0 Å². The van der Waals surface area contributed by atoms with Crippen LogP contribution in [0, 0.1) is 11.8 Å². The molecular weight excluding hydrogens is 618 g/mol. The minimum absolute atomic E-state index is 0.0505. The molecule has 1 aliphatic heterocycles. The first kappa shape index (κ1) is 33.8. The summed E-state index contributed by atoms with van der Waals surface area (Å²) >= 11 is 0. The highest BCUT2D eigenvalue weighted by Gasteiger charge is 2.44. The van der Waals surface area contributed by atoms with Crippen LogP contribution in [0.4, 0.5) is 37.0 Å². The lowest BCUT2D eigenvalue weighted by atomic mass is 9.80. The number of carboxylic acids is 1. The second kappa shape index (κ2) is 13.3. The zero-order chi connectivity index (χ0) is 33.4. The van der Waals surface area contributed by atoms with Gasteiger partial charge < -0.3 is 14.7 Å². The zero-order valence-electron chi connectivity index (χ0n) is 25.7. The first-order valence-corrected chi connectivity index (χ1v) is 15.7. The molecule has 0 spiro atoms. The molecule has 8 nitrogen and oxygen atoms in total. The van der Waals surface area contributed by atoms with E-state index in [-0.39, 0.29) is 30.9 Å². The van der Waals surface area contributed by atoms with Gasteiger partial charge in [0.1, 0.15) is 11.8 Å². The molecule has 1 unspecified atom stereocenters. The van der Waals surface area contributed by atoms with Gasteiger partial charge in [0, 0.05) is 25.4 Å². The fourth-order valence-corrected chi connectivity index (χ4v) is 6.58. The summed E-state index contributed by atoms with van der Waals surface area (Å²) in [6.07, 6.45) is -4.34. The largest absolute Gasteiger partial charge is 0.481 e. The standard InChI is InChI=1S/C32H38F6N4O4/c1-3-10-41(16-20-6-4-19(5-7-20)11-27(43)44)29-26(40-25(15-39-29)21-8-9-21)17-42-18(2)28(46-30(42)45)22-12-23(31(33,34)35)14-24(13-22)32(36,37)38/h12-15,18-21,28H,3-11,16-17H2,1-2H3,(H,43,44)/t18-,19-,20-,28?/m0/s1. The summed E-state index contributed by atoms with van der Waals surface area (Å²) in [5, 5.41) is 9.17. The van der Waals surface area contributed by atoms with Crippen LogP contribution in [0.15, 0.2) is 24.4 Å². The predicted molar refractivity (Wildman–Crippen MR) is 155 cm³/mol. The molecule has 1 N–H and O–H groups in total. The molecule has 1 saturated heterocycles. The number of hydrogen-bond acceptors (Lipinski definition) is 6. The lowest BCUT2D eigenvalue weighted by molar-refractivity contribution is -0.143. The average molecular weight is 657 g/mol. The summed E-state index contributed by atoms with van der Waals surface area (Å²) < 4.78 is 86.8. The average Bonchev–Trinajstić information content (AvgIpc) is 3.79. The number of anilines is 1. The highest BCUT2D eigenvalue weighted by Crippen LogP contribution is 2.43. The van der Waals surface area contributed by atoms with Crippen LogP contribution in [0.3, 0.4) is 0 Å². The number of halogens is 6. The Morgan fingerprint density at radius 2 is 1.61 bits per heavy atom. The van der Waals surface area contributed by atoms with E-state index < -0.39 is 53.3 Å². The molecule has 3 aliphatic rings. The minimum atomic E-state index is -5.03. The van der Waals surface area contributed by atoms with Gasteiger partial charge in [-0.25, -0.2) is 9.78 Å². The van der Waals surface area contributed by atoms with Gasteiger partial charge in [-0.1, -0.05) is 6.92 Å². The monoisotopic (exact) mass is 656 g/mol. The number of alkyl halides is 6. The van der Waals surface area contributed by atoms with Crippen molar-refractivity contribution in [1.82, 2.24) is 14.9 Å². The third-order valence-corrected chi connectivity index (χ3v) is 9.19. The van der Waals surface area contributed by atoms with Crippen LogP contribution in [-0.4, -0.2) is 51.2 Å². The number of carbonyl (C=O) groups is 2. The first-order chi connectivity index (χ1) is 21.6. The Bertz CT molecular complexity index is 1390. The van der Waals surface area contributed by atoms with Crippen LogP contribution in [0.2, 0.25) is 0 Å². The molecule has 252 valence electrons. The van der Waals surface area contributed by atoms with E-state index in [0.29, 0.717) is 42.7 Å². The maximum absolute atomic E-state index is 13.6. The Morgan fingerprint density at radius 3 is 2.15 bits per heavy atom. The normalized spacial score (nSPS) is 23.8. The number of aromatic nitrogens is 2. The van der Waals surface area contributed by atoms with Crippen molar-refractivity contribution >= 4 is 17.9 Å². The van der Waals surface area contributed by atoms with E-state index in [0.717, 1.165) is 50.6 Å². The summed E-state index contributed by atoms with van der Waals surface area (Å²) in [6, 6.07) is 0.343. The van der Waals surface area contributed by atoms with Gasteiger partial charge >= 0.3 is 24.4 Å². The van der Waals surface area contributed by atoms with Crippen LogP contribution < -0.4 is 4.90 Å². The quantitative estimate of drug-likeness (QED) is 0.245. The molecule has 2 saturated carbocycles. The van der Waals surface area contributed by atoms with Crippen LogP contribution >= 0.6 is 0 Å². The van der Waals surface area contributed by atoms with Gasteiger partial charge in [0.25, 0.3) is 0 Å². The first-order valence-electron chi connectivity index (χ1n) is 15.7. The smallest absolute Gasteiger partial charge is 0.416 e. The Morgan fingerprint density at radius 1 is 1.00 bits per heavy atom. The Hall–Kier alpha value is -3.58. The molecular formula is C32H38F6N4O4. The van der Waals surface area contributed by atoms with Crippen LogP contribution in [0.5, 0.6) is 0 Å². The lowest BCUT2D eigenvalue weighted by Crippen LogP contribution is -2.36. The number of amides is 1. The van der Waals surface area contributed by atoms with E-state index in [4.69, 9.17) is 19.8 Å². The molecule has 2 atom stereocenters. The molecule has 3 fully saturated rings. The van der Waals surface area contributed by atoms with Gasteiger partial charge in [-0.3, -0.25) is 14.7 Å². The third kappa shape index (κ3) is 7.86. The third-order valence-electron chi connectivity index (χ3n) is 9.19. The van der Waals surface area contributed by atoms with Gasteiger partial charge in [-0.05, 0) is 87.5 Å². The fraction of sp³-hybridized carbons (Fsp3) is 0.625. The second-order valence-electron chi connectivity index (χ2n) is 12.8. The fourth-order valence-electron chi connectivity index (χ4n) is 6.58. The van der Waals surface area contributed by atoms with Crippen molar-refractivity contribution in [2.24, 2.45) is 11.8 Å². The summed E-state index contributed by atoms with van der Waals surface area (Å²) in [6.45, 7) is 4.77. The number of aliphatic carboxylic acids is 1. The molecule has 46 heavy (non-hydrogen) atoms. The van der Waals surface area contributed by atoms with E-state index in [1.165, 1.54) is 11.8 Å². The number of carbonyl (C=O) groups excluding carboxylic acids is 1. The lowest BCUT2D eigenvalue weighted by Gasteiger charge is -2.34. The molecule has 5 rings (SSSR count). The molecule has 2 aromatic rings. The van der Waals surface area contributed by atoms with E-state index >= 15 is 0 Å². The number of ether oxygens (including phenoxy) is 1. The number of carboxylic acid groups (broad SMARTS) is 1. The maximum Gasteiger partial charge on any atom is 0.416 e. The molecule has 1 aromatic heterocycles. The molecule has 14 heteroatoms. The Kier molecular flexibility index (Phi) is 9.74. The van der Waals surface area contributed by atoms with Crippen LogP contribution in [-0.2, 0) is 28.4 Å². The SMILES string of the molecule is CCCN(C[C@H]1CC[C@H](CC(=O)O)CC1)c1ncc(C2CC2)nc1CN1C(=O)OC(c2cc(C(F)(F)F)cc(C(F)(F)F)c2)[C@@H]1C. The van der Waals surface area contributed by atoms with Gasteiger partial charge in [0.2, 0.25) is 0 Å². The predicted octanol–water partition coefficient (Wildman–Crippen LogP) is 7.97. The van der Waals surface area contributed by atoms with Crippen molar-refractivity contribution in [1.29, 1.82) is 0 Å². The van der Waals surface area contributed by atoms with Gasteiger partial charge in [0.05, 0.1) is 35.6 Å². The van der Waals surface area contributed by atoms with Gasteiger partial charge in [-0.2, -0.15) is 26.3 Å². The van der Waals surface area contributed by atoms with Crippen molar-refractivity contribution in [2.45, 2.75) is 102 Å². The molecule has 0 radical (unpaired) electrons. The number of cyclic esters (lactones) is 1. The molecule has 1 amide bonds. The highest BCUT2D eigenvalue weighted by molar-refractivity contribution is 5.71. The number of hydrogen-bond donors (Lipinski definition) is 1. The number of rotatable bonds is 11. The number of benzene rings is 1. The summed E-state index contributed by atoms with van der Waals surface area (Å²) in [4.78, 5) is 37.4. The van der Waals surface area contributed by atoms with Crippen molar-refractivity contribution in [3.8, 4) is 0 Å². The molecule has 2 heterocycles. The van der Waals surface area contributed by atoms with E-state index in [9.17, 15) is 35.9 Å². The van der Waals surface area contributed by atoms with Crippen molar-refractivity contribution in [3.05, 3.63) is 52.5 Å². The summed E-state index contributed by atoms with van der Waals surface area (Å²) in [5.41, 5.74) is -2.08. The Balaban J connectivity index is 1.40. The summed E-state index contributed by atoms with van der Waals surface area (Å²) in [7, 11) is 0. The van der Waals surface area contributed by atoms with Crippen molar-refractivity contribution in [3.63, 3.8) is 0 Å². The highest BCUT2D eigenvalue weighted by atomic mass is 19.4. The molecule has 0 bridgehead atoms. The summed E-state index contributed by atoms with van der Waals surface area (Å²) in [5.74, 6) is 0.476. The van der Waals surface area contributed by atoms with E-state index in [2.05, 4.69) is 4.90 Å². The topological polar surface area (TPSA) is 95.9 Å². The minimum Gasteiger partial charge on any atom is -0.481 e. The Labute approximate surface area is 263 Å². The van der Waals surface area contributed by atoms with Gasteiger partial charge in [0.15, 0.2) is 5.82 Å². The van der Waals surface area contributed by atoms with E-state index in [1.807, 2.05) is 6.92 Å². The second-order valence-corrected chi connectivity index (χ2v) is 12.8. The van der Waals surface area contributed by atoms with E-state index in [1.54, 1.807) is 6.20 Å². The maximum atomic E-state index is 13.6. The van der Waals surface area contributed by atoms with Crippen LogP contribution in [0.1, 0.15) is 105 Å². The molecule has 2 aliphatic carbocycles. The van der Waals surface area contributed by atoms with Crippen molar-refractivity contribution in [2.75, 3.05) is 18.0 Å². The number of nitrogens with zero attached hydrogens (tertiary/aromatic N) is 4. The zero-order valence-corrected chi connectivity index (χ0v) is 25.7.